The van der Waals surface area contributed by atoms with Crippen LogP contribution >= 0.6 is 0 Å². The third-order valence-electron chi connectivity index (χ3n) is 2.74. The lowest BCUT2D eigenvalue weighted by molar-refractivity contribution is -0.130. The molecule has 1 unspecified atom stereocenters. The van der Waals surface area contributed by atoms with Gasteiger partial charge in [0, 0.05) is 19.6 Å². The van der Waals surface area contributed by atoms with E-state index in [1.165, 1.54) is 4.90 Å². The first-order valence-electron chi connectivity index (χ1n) is 5.95. The van der Waals surface area contributed by atoms with Gasteiger partial charge in [-0.05, 0) is 27.2 Å². The Labute approximate surface area is 104 Å². The smallest absolute Gasteiger partial charge is 0.238 e. The van der Waals surface area contributed by atoms with E-state index in [2.05, 4.69) is 10.6 Å². The molecule has 1 atom stereocenters. The number of rotatable bonds is 6. The summed E-state index contributed by atoms with van der Waals surface area (Å²) in [6.45, 7) is 7.87. The summed E-state index contributed by atoms with van der Waals surface area (Å²) in [5.74, 6) is -0.122. The summed E-state index contributed by atoms with van der Waals surface area (Å²) in [5.41, 5.74) is -0.201. The van der Waals surface area contributed by atoms with Crippen molar-refractivity contribution in [1.29, 1.82) is 0 Å². The maximum atomic E-state index is 11.6. The topological polar surface area (TPSA) is 61.4 Å². The second kappa shape index (κ2) is 6.59. The Morgan fingerprint density at radius 3 is 2.24 bits per heavy atom. The van der Waals surface area contributed by atoms with Crippen molar-refractivity contribution >= 4 is 11.8 Å². The molecule has 0 radical (unpaired) electrons. The van der Waals surface area contributed by atoms with Crippen molar-refractivity contribution in [3.8, 4) is 0 Å². The molecular weight excluding hydrogens is 218 g/mol. The Kier molecular flexibility index (Phi) is 6.16. The molecular formula is C12H25N3O2. The van der Waals surface area contributed by atoms with Gasteiger partial charge in [0.25, 0.3) is 0 Å². The average molecular weight is 243 g/mol. The van der Waals surface area contributed by atoms with Crippen molar-refractivity contribution in [2.75, 3.05) is 20.6 Å². The number of nitrogens with one attached hydrogen (secondary N) is 2. The van der Waals surface area contributed by atoms with E-state index in [0.29, 0.717) is 0 Å². The highest BCUT2D eigenvalue weighted by molar-refractivity contribution is 5.83. The number of hydrogen-bond acceptors (Lipinski definition) is 3. The summed E-state index contributed by atoms with van der Waals surface area (Å²) in [7, 11) is 3.39. The van der Waals surface area contributed by atoms with E-state index in [1.807, 2.05) is 20.8 Å². The fourth-order valence-electron chi connectivity index (χ4n) is 1.23. The van der Waals surface area contributed by atoms with E-state index < -0.39 is 0 Å². The maximum Gasteiger partial charge on any atom is 0.238 e. The van der Waals surface area contributed by atoms with Crippen LogP contribution in [-0.2, 0) is 9.59 Å². The second-order valence-corrected chi connectivity index (χ2v) is 5.12. The first-order valence-corrected chi connectivity index (χ1v) is 5.95. The predicted molar refractivity (Wildman–Crippen MR) is 68.7 cm³/mol. The third-order valence-corrected chi connectivity index (χ3v) is 2.74. The van der Waals surface area contributed by atoms with Crippen LogP contribution < -0.4 is 10.6 Å². The van der Waals surface area contributed by atoms with Gasteiger partial charge in [0.1, 0.15) is 0 Å². The number of carbonyl (C=O) groups excluding carboxylic acids is 2. The number of amides is 2. The molecule has 0 aromatic rings. The predicted octanol–water partition coefficient (Wildman–Crippen LogP) is 0.358. The molecule has 0 aliphatic carbocycles. The van der Waals surface area contributed by atoms with Crippen LogP contribution in [0, 0.1) is 0 Å². The zero-order valence-electron chi connectivity index (χ0n) is 11.8. The fraction of sp³-hybridized carbons (Fsp3) is 0.833. The van der Waals surface area contributed by atoms with Crippen LogP contribution in [0.5, 0.6) is 0 Å². The molecule has 0 bridgehead atoms. The Bertz CT molecular complexity index is 275. The Balaban J connectivity index is 4.05. The van der Waals surface area contributed by atoms with Crippen molar-refractivity contribution in [3.63, 3.8) is 0 Å². The van der Waals surface area contributed by atoms with E-state index in [-0.39, 0.29) is 29.9 Å². The van der Waals surface area contributed by atoms with Gasteiger partial charge in [0.15, 0.2) is 0 Å². The summed E-state index contributed by atoms with van der Waals surface area (Å²) >= 11 is 0. The highest BCUT2D eigenvalue weighted by Gasteiger charge is 2.19. The molecule has 5 nitrogen and oxygen atoms in total. The van der Waals surface area contributed by atoms with Crippen LogP contribution in [0.2, 0.25) is 0 Å². The number of hydrogen-bond donors (Lipinski definition) is 2. The molecule has 0 saturated heterocycles. The van der Waals surface area contributed by atoms with Gasteiger partial charge >= 0.3 is 0 Å². The molecule has 0 aromatic heterocycles. The lowest BCUT2D eigenvalue weighted by atomic mass is 10.0. The first kappa shape index (κ1) is 15.9. The van der Waals surface area contributed by atoms with Gasteiger partial charge in [0.2, 0.25) is 11.8 Å². The van der Waals surface area contributed by atoms with Gasteiger partial charge in [-0.3, -0.25) is 14.9 Å². The van der Waals surface area contributed by atoms with Crippen LogP contribution in [0.3, 0.4) is 0 Å². The molecule has 0 heterocycles. The summed E-state index contributed by atoms with van der Waals surface area (Å²) in [6.07, 6.45) is 0.866. The summed E-state index contributed by atoms with van der Waals surface area (Å²) in [6, 6.07) is -0.347. The number of carbonyl (C=O) groups is 2. The Morgan fingerprint density at radius 2 is 1.82 bits per heavy atom. The van der Waals surface area contributed by atoms with Crippen LogP contribution in [0.25, 0.3) is 0 Å². The largest absolute Gasteiger partial charge is 0.350 e. The van der Waals surface area contributed by atoms with E-state index in [1.54, 1.807) is 21.0 Å². The standard InChI is InChI=1S/C12H25N3O2/c1-7-12(3,4)14-10(16)8-13-9(2)11(17)15(5)6/h9,13H,7-8H2,1-6H3,(H,14,16). The average Bonchev–Trinajstić information content (AvgIpc) is 2.24. The molecule has 0 spiro atoms. The number of likely N-dealkylation sites (N-methyl/N-ethyl adjacent to an activating group) is 1. The summed E-state index contributed by atoms with van der Waals surface area (Å²) in [5, 5.41) is 5.81. The summed E-state index contributed by atoms with van der Waals surface area (Å²) < 4.78 is 0. The van der Waals surface area contributed by atoms with Gasteiger partial charge in [-0.1, -0.05) is 6.92 Å². The van der Waals surface area contributed by atoms with Crippen LogP contribution in [0.15, 0.2) is 0 Å². The van der Waals surface area contributed by atoms with E-state index >= 15 is 0 Å². The second-order valence-electron chi connectivity index (χ2n) is 5.12. The van der Waals surface area contributed by atoms with Gasteiger partial charge in [-0.2, -0.15) is 0 Å². The minimum absolute atomic E-state index is 0.0347. The normalized spacial score (nSPS) is 13.1. The van der Waals surface area contributed by atoms with Crippen molar-refractivity contribution in [2.24, 2.45) is 0 Å². The quantitative estimate of drug-likeness (QED) is 0.708. The molecule has 0 aromatic carbocycles. The van der Waals surface area contributed by atoms with E-state index in [4.69, 9.17) is 0 Å². The van der Waals surface area contributed by atoms with Crippen LogP contribution in [0.1, 0.15) is 34.1 Å². The molecule has 0 fully saturated rings. The molecule has 17 heavy (non-hydrogen) atoms. The van der Waals surface area contributed by atoms with E-state index in [0.717, 1.165) is 6.42 Å². The fourth-order valence-corrected chi connectivity index (χ4v) is 1.23. The monoisotopic (exact) mass is 243 g/mol. The van der Waals surface area contributed by atoms with Gasteiger partial charge in [0.05, 0.1) is 12.6 Å². The molecule has 5 heteroatoms. The highest BCUT2D eigenvalue weighted by atomic mass is 16.2. The minimum Gasteiger partial charge on any atom is -0.350 e. The van der Waals surface area contributed by atoms with Crippen molar-refractivity contribution < 1.29 is 9.59 Å². The molecule has 0 aliphatic heterocycles. The Morgan fingerprint density at radius 1 is 1.29 bits per heavy atom. The molecule has 2 amide bonds. The highest BCUT2D eigenvalue weighted by Crippen LogP contribution is 2.05. The minimum atomic E-state index is -0.347. The van der Waals surface area contributed by atoms with Gasteiger partial charge in [-0.15, -0.1) is 0 Å². The molecule has 2 N–H and O–H groups in total. The first-order chi connectivity index (χ1) is 7.69. The van der Waals surface area contributed by atoms with E-state index in [9.17, 15) is 9.59 Å². The van der Waals surface area contributed by atoms with Gasteiger partial charge in [-0.25, -0.2) is 0 Å². The maximum absolute atomic E-state index is 11.6. The Hall–Kier alpha value is -1.10. The molecule has 0 aliphatic rings. The van der Waals surface area contributed by atoms with Crippen LogP contribution in [-0.4, -0.2) is 48.9 Å². The zero-order chi connectivity index (χ0) is 13.6. The van der Waals surface area contributed by atoms with Crippen molar-refractivity contribution in [2.45, 2.75) is 45.7 Å². The molecule has 0 rings (SSSR count). The lowest BCUT2D eigenvalue weighted by Gasteiger charge is -2.25. The van der Waals surface area contributed by atoms with Crippen LogP contribution in [0.4, 0.5) is 0 Å². The number of nitrogens with zero attached hydrogens (tertiary/aromatic N) is 1. The zero-order valence-corrected chi connectivity index (χ0v) is 11.8. The van der Waals surface area contributed by atoms with Crippen molar-refractivity contribution in [1.82, 2.24) is 15.5 Å². The lowest BCUT2D eigenvalue weighted by Crippen LogP contribution is -2.50. The molecule has 100 valence electrons. The summed E-state index contributed by atoms with van der Waals surface area (Å²) in [4.78, 5) is 24.6. The van der Waals surface area contributed by atoms with Gasteiger partial charge < -0.3 is 10.2 Å². The third kappa shape index (κ3) is 6.26. The molecule has 0 saturated carbocycles. The van der Waals surface area contributed by atoms with Crippen molar-refractivity contribution in [3.05, 3.63) is 0 Å². The SMILES string of the molecule is CCC(C)(C)NC(=O)CNC(C)C(=O)N(C)C.